The predicted octanol–water partition coefficient (Wildman–Crippen LogP) is 4.47. The highest BCUT2D eigenvalue weighted by atomic mass is 19.1. The van der Waals surface area contributed by atoms with Gasteiger partial charge in [-0.2, -0.15) is 0 Å². The van der Waals surface area contributed by atoms with Gasteiger partial charge in [-0.1, -0.05) is 36.4 Å². The fourth-order valence-corrected chi connectivity index (χ4v) is 2.98. The summed E-state index contributed by atoms with van der Waals surface area (Å²) in [6.07, 6.45) is 1.02. The molecule has 1 fully saturated rings. The van der Waals surface area contributed by atoms with Crippen molar-refractivity contribution in [3.63, 3.8) is 0 Å². The second-order valence-electron chi connectivity index (χ2n) is 8.43. The van der Waals surface area contributed by atoms with Crippen LogP contribution >= 0.6 is 0 Å². The van der Waals surface area contributed by atoms with E-state index < -0.39 is 30.2 Å². The van der Waals surface area contributed by atoms with Crippen LogP contribution in [-0.4, -0.2) is 36.1 Å². The van der Waals surface area contributed by atoms with Gasteiger partial charge in [-0.25, -0.2) is 9.18 Å². The maximum atomic E-state index is 13.4. The number of phenols is 1. The van der Waals surface area contributed by atoms with Crippen LogP contribution < -0.4 is 5.32 Å². The molecule has 0 spiro atoms. The second-order valence-corrected chi connectivity index (χ2v) is 8.43. The normalized spacial score (nSPS) is 17.5. The number of hydrogen-bond acceptors (Lipinski definition) is 5. The highest BCUT2D eigenvalue weighted by Crippen LogP contribution is 2.39. The Morgan fingerprint density at radius 2 is 1.77 bits per heavy atom. The number of carbonyl (C=O) groups is 1. The van der Waals surface area contributed by atoms with Crippen molar-refractivity contribution in [2.24, 2.45) is 0 Å². The predicted molar refractivity (Wildman–Crippen MR) is 117 cm³/mol. The minimum atomic E-state index is -0.760. The summed E-state index contributed by atoms with van der Waals surface area (Å²) in [5.41, 5.74) is 0.628. The number of ether oxygens (including phenoxy) is 1. The van der Waals surface area contributed by atoms with E-state index in [0.717, 1.165) is 11.6 Å². The van der Waals surface area contributed by atoms with E-state index in [4.69, 9.17) is 14.0 Å². The molecule has 0 radical (unpaired) electrons. The molecule has 2 aromatic rings. The molecule has 0 atom stereocenters. The Balaban J connectivity index is 1.74. The third-order valence-electron chi connectivity index (χ3n) is 5.54. The molecule has 164 valence electrons. The Labute approximate surface area is 182 Å². The molecule has 0 aromatic heterocycles. The van der Waals surface area contributed by atoms with Crippen molar-refractivity contribution in [3.05, 3.63) is 70.9 Å². The molecule has 0 aliphatic carbocycles. The number of halogens is 1. The number of benzene rings is 2. The van der Waals surface area contributed by atoms with Gasteiger partial charge < -0.3 is 24.5 Å². The molecule has 1 heterocycles. The first kappa shape index (κ1) is 22.8. The Morgan fingerprint density at radius 1 is 1.13 bits per heavy atom. The standard InChI is InChI=1S/C23H27BFNO5/c1-22(2)23(3,4)31-24(30-22)18(12-17-10-11-19(25)13-20(17)27)14-26-21(28)29-15-16-8-6-5-7-9-16/h5-13,27H,14-15H2,1-4H3,(H,26,28). The zero-order chi connectivity index (χ0) is 22.6. The molecular formula is C23H27BFNO5. The summed E-state index contributed by atoms with van der Waals surface area (Å²) >= 11 is 0. The van der Waals surface area contributed by atoms with Crippen LogP contribution in [0.2, 0.25) is 0 Å². The number of nitrogens with one attached hydrogen (secondary N) is 1. The molecule has 1 amide bonds. The molecule has 31 heavy (non-hydrogen) atoms. The molecule has 0 bridgehead atoms. The van der Waals surface area contributed by atoms with Gasteiger partial charge in [-0.05, 0) is 50.9 Å². The lowest BCUT2D eigenvalue weighted by molar-refractivity contribution is 0.00578. The molecule has 2 N–H and O–H groups in total. The second kappa shape index (κ2) is 9.12. The number of phenolic OH excluding ortho intramolecular Hbond substituents is 1. The van der Waals surface area contributed by atoms with Crippen molar-refractivity contribution >= 4 is 19.3 Å². The van der Waals surface area contributed by atoms with Gasteiger partial charge in [-0.15, -0.1) is 0 Å². The van der Waals surface area contributed by atoms with E-state index in [1.165, 1.54) is 12.1 Å². The van der Waals surface area contributed by atoms with Crippen LogP contribution in [0, 0.1) is 5.82 Å². The number of carbonyl (C=O) groups excluding carboxylic acids is 1. The SMILES string of the molecule is CC1(C)OB(C(=Cc2ccc(F)cc2O)CNC(=O)OCc2ccccc2)OC1(C)C. The van der Waals surface area contributed by atoms with Gasteiger partial charge in [-0.3, -0.25) is 0 Å². The van der Waals surface area contributed by atoms with E-state index in [1.807, 2.05) is 58.0 Å². The van der Waals surface area contributed by atoms with Gasteiger partial charge in [0.25, 0.3) is 0 Å². The van der Waals surface area contributed by atoms with Crippen LogP contribution in [0.3, 0.4) is 0 Å². The van der Waals surface area contributed by atoms with Gasteiger partial charge >= 0.3 is 13.2 Å². The van der Waals surface area contributed by atoms with Crippen molar-refractivity contribution in [2.45, 2.75) is 45.5 Å². The topological polar surface area (TPSA) is 77.0 Å². The summed E-state index contributed by atoms with van der Waals surface area (Å²) in [5, 5.41) is 12.8. The Hall–Kier alpha value is -2.84. The summed E-state index contributed by atoms with van der Waals surface area (Å²) in [6.45, 7) is 7.87. The molecule has 0 unspecified atom stereocenters. The third kappa shape index (κ3) is 5.65. The van der Waals surface area contributed by atoms with Gasteiger partial charge in [0.05, 0.1) is 11.2 Å². The van der Waals surface area contributed by atoms with Crippen LogP contribution in [0.1, 0.15) is 38.8 Å². The van der Waals surface area contributed by atoms with Gasteiger partial charge in [0, 0.05) is 18.2 Å². The molecule has 0 saturated carbocycles. The zero-order valence-corrected chi connectivity index (χ0v) is 18.1. The summed E-state index contributed by atoms with van der Waals surface area (Å²) in [4.78, 5) is 12.2. The van der Waals surface area contributed by atoms with Crippen LogP contribution in [-0.2, 0) is 20.7 Å². The Kier molecular flexibility index (Phi) is 6.72. The number of amides is 1. The van der Waals surface area contributed by atoms with Gasteiger partial charge in [0.2, 0.25) is 0 Å². The number of aromatic hydroxyl groups is 1. The van der Waals surface area contributed by atoms with Crippen LogP contribution in [0.4, 0.5) is 9.18 Å². The minimum Gasteiger partial charge on any atom is -0.507 e. The lowest BCUT2D eigenvalue weighted by Gasteiger charge is -2.32. The zero-order valence-electron chi connectivity index (χ0n) is 18.1. The van der Waals surface area contributed by atoms with Crippen LogP contribution in [0.25, 0.3) is 6.08 Å². The molecule has 3 rings (SSSR count). The van der Waals surface area contributed by atoms with Crippen molar-refractivity contribution in [2.75, 3.05) is 6.54 Å². The van der Waals surface area contributed by atoms with Crippen LogP contribution in [0.5, 0.6) is 5.75 Å². The number of alkyl carbamates (subject to hydrolysis) is 1. The first-order chi connectivity index (χ1) is 14.6. The Bertz CT molecular complexity index is 946. The average Bonchev–Trinajstić information content (AvgIpc) is 2.93. The molecular weight excluding hydrogens is 400 g/mol. The summed E-state index contributed by atoms with van der Waals surface area (Å²) in [5.74, 6) is -0.768. The third-order valence-corrected chi connectivity index (χ3v) is 5.54. The summed E-state index contributed by atoms with van der Waals surface area (Å²) < 4.78 is 30.8. The Morgan fingerprint density at radius 3 is 2.39 bits per heavy atom. The van der Waals surface area contributed by atoms with E-state index in [0.29, 0.717) is 11.0 Å². The van der Waals surface area contributed by atoms with E-state index in [9.17, 15) is 14.3 Å². The van der Waals surface area contributed by atoms with E-state index in [2.05, 4.69) is 5.32 Å². The molecule has 6 nitrogen and oxygen atoms in total. The quantitative estimate of drug-likeness (QED) is 0.666. The lowest BCUT2D eigenvalue weighted by Crippen LogP contribution is -2.41. The maximum Gasteiger partial charge on any atom is 0.492 e. The van der Waals surface area contributed by atoms with Crippen LogP contribution in [0.15, 0.2) is 54.0 Å². The molecule has 1 aliphatic rings. The first-order valence-corrected chi connectivity index (χ1v) is 10.1. The number of hydrogen-bond donors (Lipinski definition) is 2. The first-order valence-electron chi connectivity index (χ1n) is 10.1. The number of rotatable bonds is 6. The fourth-order valence-electron chi connectivity index (χ4n) is 2.98. The smallest absolute Gasteiger partial charge is 0.492 e. The highest BCUT2D eigenvalue weighted by Gasteiger charge is 2.52. The molecule has 1 aliphatic heterocycles. The van der Waals surface area contributed by atoms with Gasteiger partial charge in [0.1, 0.15) is 18.2 Å². The fraction of sp³-hybridized carbons (Fsp3) is 0.348. The summed E-state index contributed by atoms with van der Waals surface area (Å²) in [7, 11) is -0.760. The lowest BCUT2D eigenvalue weighted by atomic mass is 9.77. The van der Waals surface area contributed by atoms with E-state index in [-0.39, 0.29) is 18.9 Å². The summed E-state index contributed by atoms with van der Waals surface area (Å²) in [6, 6.07) is 13.1. The van der Waals surface area contributed by atoms with Gasteiger partial charge in [0.15, 0.2) is 0 Å². The van der Waals surface area contributed by atoms with Crippen molar-refractivity contribution in [3.8, 4) is 5.75 Å². The monoisotopic (exact) mass is 427 g/mol. The minimum absolute atomic E-state index is 0.0568. The van der Waals surface area contributed by atoms with E-state index >= 15 is 0 Å². The van der Waals surface area contributed by atoms with E-state index in [1.54, 1.807) is 6.08 Å². The molecule has 2 aromatic carbocycles. The highest BCUT2D eigenvalue weighted by molar-refractivity contribution is 6.56. The van der Waals surface area contributed by atoms with Crippen molar-refractivity contribution < 1.29 is 28.3 Å². The average molecular weight is 427 g/mol. The molecule has 8 heteroatoms. The maximum absolute atomic E-state index is 13.4. The molecule has 1 saturated heterocycles. The largest absolute Gasteiger partial charge is 0.507 e. The van der Waals surface area contributed by atoms with Crippen molar-refractivity contribution in [1.29, 1.82) is 0 Å². The van der Waals surface area contributed by atoms with Crippen molar-refractivity contribution in [1.82, 2.24) is 5.32 Å².